The maximum atomic E-state index is 12.6. The van der Waals surface area contributed by atoms with E-state index in [0.717, 1.165) is 18.2 Å². The van der Waals surface area contributed by atoms with Gasteiger partial charge in [-0.1, -0.05) is 0 Å². The van der Waals surface area contributed by atoms with Crippen LogP contribution in [0.15, 0.2) is 18.2 Å². The maximum absolute atomic E-state index is 12.6. The molecule has 1 aliphatic heterocycles. The van der Waals surface area contributed by atoms with E-state index < -0.39 is 11.7 Å². The Bertz CT molecular complexity index is 593. The van der Waals surface area contributed by atoms with E-state index in [-0.39, 0.29) is 29.2 Å². The van der Waals surface area contributed by atoms with Gasteiger partial charge in [-0.15, -0.1) is 0 Å². The number of alkyl halides is 3. The molecule has 1 amide bonds. The van der Waals surface area contributed by atoms with E-state index in [1.807, 2.05) is 0 Å². The van der Waals surface area contributed by atoms with Gasteiger partial charge in [0.1, 0.15) is 6.07 Å². The minimum Gasteiger partial charge on any atom is -0.378 e. The number of ether oxygens (including phenoxy) is 1. The predicted molar refractivity (Wildman–Crippen MR) is 68.3 cm³/mol. The number of halogens is 3. The lowest BCUT2D eigenvalue weighted by Gasteiger charge is -2.15. The van der Waals surface area contributed by atoms with Crippen molar-refractivity contribution in [2.45, 2.75) is 25.6 Å². The van der Waals surface area contributed by atoms with Crippen LogP contribution in [0.3, 0.4) is 0 Å². The Hall–Kier alpha value is -2.07. The van der Waals surface area contributed by atoms with Crippen LogP contribution in [0, 0.1) is 17.2 Å². The van der Waals surface area contributed by atoms with Gasteiger partial charge in [-0.2, -0.15) is 18.4 Å². The summed E-state index contributed by atoms with van der Waals surface area (Å²) in [6, 6.07) is 4.33. The molecule has 1 N–H and O–H groups in total. The first kappa shape index (κ1) is 15.3. The number of benzene rings is 1. The van der Waals surface area contributed by atoms with Crippen molar-refractivity contribution in [3.8, 4) is 6.07 Å². The highest BCUT2D eigenvalue weighted by molar-refractivity contribution is 5.94. The van der Waals surface area contributed by atoms with Gasteiger partial charge in [0.15, 0.2) is 0 Å². The van der Waals surface area contributed by atoms with Crippen LogP contribution in [0.25, 0.3) is 0 Å². The Balaban J connectivity index is 2.21. The van der Waals surface area contributed by atoms with Gasteiger partial charge < -0.3 is 10.1 Å². The van der Waals surface area contributed by atoms with Crippen LogP contribution in [0.4, 0.5) is 18.9 Å². The molecule has 4 nitrogen and oxygen atoms in total. The minimum absolute atomic E-state index is 0.0783. The Morgan fingerprint density at radius 2 is 2.19 bits per heavy atom. The van der Waals surface area contributed by atoms with Crippen molar-refractivity contribution in [1.29, 1.82) is 5.26 Å². The first-order valence-corrected chi connectivity index (χ1v) is 6.36. The zero-order valence-corrected chi connectivity index (χ0v) is 11.2. The molecule has 0 bridgehead atoms. The SMILES string of the molecule is CC1OCCC1C(=O)Nc1ccc(C(F)(F)F)cc1C#N. The molecule has 1 aromatic rings. The number of carbonyl (C=O) groups excluding carboxylic acids is 1. The Morgan fingerprint density at radius 1 is 1.48 bits per heavy atom. The highest BCUT2D eigenvalue weighted by Crippen LogP contribution is 2.32. The van der Waals surface area contributed by atoms with Gasteiger partial charge in [-0.25, -0.2) is 0 Å². The van der Waals surface area contributed by atoms with Crippen molar-refractivity contribution in [2.75, 3.05) is 11.9 Å². The van der Waals surface area contributed by atoms with Gasteiger partial charge in [0.2, 0.25) is 5.91 Å². The summed E-state index contributed by atoms with van der Waals surface area (Å²) in [6.07, 6.45) is -4.22. The quantitative estimate of drug-likeness (QED) is 0.913. The number of carbonyl (C=O) groups is 1. The second-order valence-corrected chi connectivity index (χ2v) is 4.83. The number of rotatable bonds is 2. The molecule has 7 heteroatoms. The topological polar surface area (TPSA) is 62.1 Å². The molecule has 0 spiro atoms. The summed E-state index contributed by atoms with van der Waals surface area (Å²) in [5, 5.41) is 11.4. The molecule has 1 aromatic carbocycles. The Kier molecular flexibility index (Phi) is 4.19. The molecule has 1 fully saturated rings. The molecular formula is C14H13F3N2O2. The van der Waals surface area contributed by atoms with Crippen molar-refractivity contribution in [2.24, 2.45) is 5.92 Å². The van der Waals surface area contributed by atoms with E-state index >= 15 is 0 Å². The lowest BCUT2D eigenvalue weighted by molar-refractivity contribution is -0.137. The number of hydrogen-bond acceptors (Lipinski definition) is 3. The van der Waals surface area contributed by atoms with Crippen molar-refractivity contribution in [1.82, 2.24) is 0 Å². The first-order valence-electron chi connectivity index (χ1n) is 6.36. The number of nitriles is 1. The lowest BCUT2D eigenvalue weighted by Crippen LogP contribution is -2.28. The number of nitrogens with zero attached hydrogens (tertiary/aromatic N) is 1. The van der Waals surface area contributed by atoms with Gasteiger partial charge in [0.25, 0.3) is 0 Å². The van der Waals surface area contributed by atoms with Gasteiger partial charge in [-0.3, -0.25) is 4.79 Å². The summed E-state index contributed by atoms with van der Waals surface area (Å²) >= 11 is 0. The second-order valence-electron chi connectivity index (χ2n) is 4.83. The third kappa shape index (κ3) is 3.34. The van der Waals surface area contributed by atoms with E-state index in [1.165, 1.54) is 0 Å². The van der Waals surface area contributed by atoms with E-state index in [2.05, 4.69) is 5.32 Å². The van der Waals surface area contributed by atoms with Crippen LogP contribution in [-0.2, 0) is 15.7 Å². The molecule has 1 saturated heterocycles. The summed E-state index contributed by atoms with van der Waals surface area (Å²) in [5.74, 6) is -0.713. The van der Waals surface area contributed by atoms with Crippen LogP contribution in [0.5, 0.6) is 0 Å². The zero-order chi connectivity index (χ0) is 15.6. The van der Waals surface area contributed by atoms with Gasteiger partial charge in [0.05, 0.1) is 28.8 Å². The molecule has 0 radical (unpaired) electrons. The standard InChI is InChI=1S/C14H13F3N2O2/c1-8-11(4-5-21-8)13(20)19-12-3-2-10(14(15,16)17)6-9(12)7-18/h2-3,6,8,11H,4-5H2,1H3,(H,19,20). The van der Waals surface area contributed by atoms with Crippen molar-refractivity contribution in [3.05, 3.63) is 29.3 Å². The van der Waals surface area contributed by atoms with Crippen LogP contribution >= 0.6 is 0 Å². The Morgan fingerprint density at radius 3 is 2.71 bits per heavy atom. The molecule has 2 rings (SSSR count). The minimum atomic E-state index is -4.53. The fourth-order valence-electron chi connectivity index (χ4n) is 2.22. The summed E-state index contributed by atoms with van der Waals surface area (Å²) in [7, 11) is 0. The molecule has 1 aliphatic rings. The number of hydrogen-bond donors (Lipinski definition) is 1. The van der Waals surface area contributed by atoms with Gasteiger partial charge in [-0.05, 0) is 31.5 Å². The van der Waals surface area contributed by atoms with Crippen LogP contribution in [-0.4, -0.2) is 18.6 Å². The molecule has 21 heavy (non-hydrogen) atoms. The third-order valence-corrected chi connectivity index (χ3v) is 3.44. The van der Waals surface area contributed by atoms with Crippen LogP contribution < -0.4 is 5.32 Å². The number of anilines is 1. The molecule has 1 heterocycles. The third-order valence-electron chi connectivity index (χ3n) is 3.44. The molecule has 2 unspecified atom stereocenters. The van der Waals surface area contributed by atoms with Crippen LogP contribution in [0.1, 0.15) is 24.5 Å². The average Bonchev–Trinajstić information content (AvgIpc) is 2.84. The molecular weight excluding hydrogens is 285 g/mol. The molecule has 2 atom stereocenters. The van der Waals surface area contributed by atoms with Crippen LogP contribution in [0.2, 0.25) is 0 Å². The average molecular weight is 298 g/mol. The van der Waals surface area contributed by atoms with E-state index in [4.69, 9.17) is 10.00 Å². The van der Waals surface area contributed by atoms with Crippen molar-refractivity contribution in [3.63, 3.8) is 0 Å². The summed E-state index contributed by atoms with van der Waals surface area (Å²) < 4.78 is 43.0. The largest absolute Gasteiger partial charge is 0.416 e. The second kappa shape index (κ2) is 5.74. The van der Waals surface area contributed by atoms with E-state index in [0.29, 0.717) is 13.0 Å². The number of amides is 1. The van der Waals surface area contributed by atoms with E-state index in [1.54, 1.807) is 13.0 Å². The van der Waals surface area contributed by atoms with Crippen molar-refractivity contribution >= 4 is 11.6 Å². The lowest BCUT2D eigenvalue weighted by atomic mass is 10.0. The fraction of sp³-hybridized carbons (Fsp3) is 0.429. The smallest absolute Gasteiger partial charge is 0.378 e. The highest BCUT2D eigenvalue weighted by atomic mass is 19.4. The number of nitrogens with one attached hydrogen (secondary N) is 1. The monoisotopic (exact) mass is 298 g/mol. The van der Waals surface area contributed by atoms with E-state index in [9.17, 15) is 18.0 Å². The van der Waals surface area contributed by atoms with Crippen molar-refractivity contribution < 1.29 is 22.7 Å². The van der Waals surface area contributed by atoms with Gasteiger partial charge in [0, 0.05) is 6.61 Å². The molecule has 112 valence electrons. The fourth-order valence-corrected chi connectivity index (χ4v) is 2.22. The zero-order valence-electron chi connectivity index (χ0n) is 11.2. The van der Waals surface area contributed by atoms with Gasteiger partial charge >= 0.3 is 6.18 Å². The maximum Gasteiger partial charge on any atom is 0.416 e. The normalized spacial score (nSPS) is 21.9. The Labute approximate surface area is 119 Å². The predicted octanol–water partition coefficient (Wildman–Crippen LogP) is 2.94. The summed E-state index contributed by atoms with van der Waals surface area (Å²) in [5.41, 5.74) is -1.06. The highest BCUT2D eigenvalue weighted by Gasteiger charge is 2.33. The molecule has 0 aromatic heterocycles. The molecule has 0 aliphatic carbocycles. The summed E-state index contributed by atoms with van der Waals surface area (Å²) in [6.45, 7) is 2.23. The first-order chi connectivity index (χ1) is 9.82. The summed E-state index contributed by atoms with van der Waals surface area (Å²) in [4.78, 5) is 12.1. The molecule has 0 saturated carbocycles.